The number of fused-ring (bicyclic) bond motifs is 2. The summed E-state index contributed by atoms with van der Waals surface area (Å²) in [6.07, 6.45) is 0. The van der Waals surface area contributed by atoms with E-state index in [1.54, 1.807) is 42.3 Å². The predicted molar refractivity (Wildman–Crippen MR) is 89.7 cm³/mol. The van der Waals surface area contributed by atoms with E-state index in [-0.39, 0.29) is 18.8 Å². The van der Waals surface area contributed by atoms with Crippen LogP contribution in [0.15, 0.2) is 35.1 Å². The Morgan fingerprint density at radius 3 is 2.58 bits per heavy atom. The van der Waals surface area contributed by atoms with E-state index in [4.69, 9.17) is 14.9 Å². The van der Waals surface area contributed by atoms with Crippen LogP contribution in [0, 0.1) is 0 Å². The molecule has 8 nitrogen and oxygen atoms in total. The first-order valence-corrected chi connectivity index (χ1v) is 7.52. The Balaban J connectivity index is 2.17. The topological polar surface area (TPSA) is 100 Å². The summed E-state index contributed by atoms with van der Waals surface area (Å²) in [5.41, 5.74) is 0.668. The summed E-state index contributed by atoms with van der Waals surface area (Å²) in [5.74, 6) is 1.11. The van der Waals surface area contributed by atoms with Crippen molar-refractivity contribution in [1.29, 1.82) is 0 Å². The van der Waals surface area contributed by atoms with Gasteiger partial charge in [0.2, 0.25) is 0 Å². The Morgan fingerprint density at radius 1 is 1.17 bits per heavy atom. The molecule has 2 N–H and O–H groups in total. The molecule has 0 bridgehead atoms. The van der Waals surface area contributed by atoms with Crippen molar-refractivity contribution in [2.45, 2.75) is 0 Å². The first-order chi connectivity index (χ1) is 11.7. The van der Waals surface area contributed by atoms with Gasteiger partial charge in [0.15, 0.2) is 5.65 Å². The monoisotopic (exact) mass is 330 g/mol. The summed E-state index contributed by atoms with van der Waals surface area (Å²) in [6.45, 7) is 0.465. The zero-order chi connectivity index (χ0) is 17.1. The fourth-order valence-corrected chi connectivity index (χ4v) is 2.54. The lowest BCUT2D eigenvalue weighted by molar-refractivity contribution is 0.280. The molecule has 0 saturated carbocycles. The van der Waals surface area contributed by atoms with Crippen LogP contribution in [0.1, 0.15) is 0 Å². The zero-order valence-corrected chi connectivity index (χ0v) is 13.2. The largest absolute Gasteiger partial charge is 0.497 e. The van der Waals surface area contributed by atoms with Crippen molar-refractivity contribution < 1.29 is 14.9 Å². The van der Waals surface area contributed by atoms with Crippen molar-refractivity contribution in [2.75, 3.05) is 38.3 Å². The van der Waals surface area contributed by atoms with Crippen molar-refractivity contribution in [3.8, 4) is 5.75 Å². The normalized spacial score (nSPS) is 11.1. The van der Waals surface area contributed by atoms with Gasteiger partial charge in [-0.25, -0.2) is 4.98 Å². The number of nitrogens with zero attached hydrogens (tertiary/aromatic N) is 4. The van der Waals surface area contributed by atoms with Crippen LogP contribution in [0.5, 0.6) is 5.75 Å². The quantitative estimate of drug-likeness (QED) is 0.616. The minimum absolute atomic E-state index is 0.0790. The number of hydrogen-bond acceptors (Lipinski definition) is 7. The molecule has 8 heteroatoms. The first-order valence-electron chi connectivity index (χ1n) is 7.52. The van der Waals surface area contributed by atoms with Crippen LogP contribution in [-0.4, -0.2) is 58.2 Å². The number of rotatable bonds is 6. The molecule has 0 aliphatic heterocycles. The van der Waals surface area contributed by atoms with Gasteiger partial charge in [-0.1, -0.05) is 0 Å². The predicted octanol–water partition coefficient (Wildman–Crippen LogP) is 0.0423. The number of aliphatic hydroxyl groups excluding tert-OH is 2. The highest BCUT2D eigenvalue weighted by Gasteiger charge is 2.12. The van der Waals surface area contributed by atoms with E-state index in [0.29, 0.717) is 41.2 Å². The fraction of sp³-hybridized carbons (Fsp3) is 0.312. The van der Waals surface area contributed by atoms with Gasteiger partial charge in [0.25, 0.3) is 5.56 Å². The van der Waals surface area contributed by atoms with Gasteiger partial charge < -0.3 is 19.8 Å². The Kier molecular flexibility index (Phi) is 4.59. The number of aromatic nitrogens is 3. The third-order valence-corrected chi connectivity index (χ3v) is 3.73. The van der Waals surface area contributed by atoms with E-state index in [1.165, 1.54) is 4.52 Å². The summed E-state index contributed by atoms with van der Waals surface area (Å²) in [7, 11) is 1.56. The lowest BCUT2D eigenvalue weighted by Crippen LogP contribution is -2.31. The molecule has 0 amide bonds. The Labute approximate surface area is 137 Å². The number of ether oxygens (including phenoxy) is 1. The molecule has 0 radical (unpaired) electrons. The van der Waals surface area contributed by atoms with Crippen LogP contribution in [0.4, 0.5) is 5.82 Å². The Hall–Kier alpha value is -2.71. The lowest BCUT2D eigenvalue weighted by atomic mass is 10.2. The summed E-state index contributed by atoms with van der Waals surface area (Å²) < 4.78 is 6.39. The summed E-state index contributed by atoms with van der Waals surface area (Å²) in [5, 5.41) is 23.0. The van der Waals surface area contributed by atoms with Crippen molar-refractivity contribution in [3.05, 3.63) is 40.7 Å². The number of hydrogen-bond donors (Lipinski definition) is 2. The van der Waals surface area contributed by atoms with Gasteiger partial charge in [0, 0.05) is 19.2 Å². The highest BCUT2D eigenvalue weighted by molar-refractivity contribution is 5.81. The van der Waals surface area contributed by atoms with E-state index in [2.05, 4.69) is 10.1 Å². The molecule has 0 unspecified atom stereocenters. The molecule has 3 rings (SSSR count). The maximum Gasteiger partial charge on any atom is 0.282 e. The molecule has 0 spiro atoms. The molecule has 3 aromatic rings. The molecule has 126 valence electrons. The number of benzene rings is 1. The van der Waals surface area contributed by atoms with Gasteiger partial charge in [-0.2, -0.15) is 4.52 Å². The van der Waals surface area contributed by atoms with Gasteiger partial charge in [0.1, 0.15) is 11.6 Å². The van der Waals surface area contributed by atoms with Crippen LogP contribution < -0.4 is 15.2 Å². The molecule has 1 aromatic carbocycles. The summed E-state index contributed by atoms with van der Waals surface area (Å²) >= 11 is 0. The van der Waals surface area contributed by atoms with Crippen LogP contribution in [0.2, 0.25) is 0 Å². The molecule has 24 heavy (non-hydrogen) atoms. The second-order valence-electron chi connectivity index (χ2n) is 5.20. The van der Waals surface area contributed by atoms with Crippen molar-refractivity contribution in [3.63, 3.8) is 0 Å². The average Bonchev–Trinajstić information content (AvgIpc) is 2.61. The van der Waals surface area contributed by atoms with Gasteiger partial charge in [-0.15, -0.1) is 5.10 Å². The van der Waals surface area contributed by atoms with E-state index >= 15 is 0 Å². The third kappa shape index (κ3) is 2.89. The summed E-state index contributed by atoms with van der Waals surface area (Å²) in [6, 6.07) is 8.45. The smallest absolute Gasteiger partial charge is 0.282 e. The Bertz CT molecular complexity index is 919. The van der Waals surface area contributed by atoms with E-state index < -0.39 is 0 Å². The number of methoxy groups -OCH3 is 1. The van der Waals surface area contributed by atoms with Crippen LogP contribution in [-0.2, 0) is 0 Å². The van der Waals surface area contributed by atoms with Gasteiger partial charge in [-0.3, -0.25) is 4.79 Å². The molecule has 0 aliphatic carbocycles. The molecule has 2 aromatic heterocycles. The molecule has 0 saturated heterocycles. The highest BCUT2D eigenvalue weighted by atomic mass is 16.5. The van der Waals surface area contributed by atoms with Crippen LogP contribution >= 0.6 is 0 Å². The number of aliphatic hydroxyl groups is 2. The molecule has 2 heterocycles. The lowest BCUT2D eigenvalue weighted by Gasteiger charge is -2.21. The average molecular weight is 330 g/mol. The van der Waals surface area contributed by atoms with E-state index in [1.807, 2.05) is 0 Å². The highest BCUT2D eigenvalue weighted by Crippen LogP contribution is 2.18. The molecular weight excluding hydrogens is 312 g/mol. The van der Waals surface area contributed by atoms with Gasteiger partial charge in [0.05, 0.1) is 31.2 Å². The maximum atomic E-state index is 12.7. The van der Waals surface area contributed by atoms with Crippen molar-refractivity contribution in [2.24, 2.45) is 0 Å². The molecule has 0 atom stereocenters. The van der Waals surface area contributed by atoms with E-state index in [0.717, 1.165) is 0 Å². The van der Waals surface area contributed by atoms with Crippen LogP contribution in [0.25, 0.3) is 16.6 Å². The maximum absolute atomic E-state index is 12.7. The first kappa shape index (κ1) is 16.2. The fourth-order valence-electron chi connectivity index (χ4n) is 2.54. The van der Waals surface area contributed by atoms with Gasteiger partial charge in [-0.05, 0) is 24.3 Å². The van der Waals surface area contributed by atoms with Crippen LogP contribution in [0.3, 0.4) is 0 Å². The standard InChI is InChI=1S/C16H18N4O4/c1-24-11-2-3-12-13(10-11)17-14-4-5-15(18-20(14)16(12)23)19(6-8-21)7-9-22/h2-5,10,21-22H,6-9H2,1H3. The SMILES string of the molecule is COc1ccc2c(=O)n3nc(N(CCO)CCO)ccc3nc2c1. The third-order valence-electron chi connectivity index (χ3n) is 3.73. The molecular formula is C16H18N4O4. The minimum atomic E-state index is -0.285. The number of anilines is 1. The second kappa shape index (κ2) is 6.81. The molecule has 0 fully saturated rings. The molecule has 0 aliphatic rings. The minimum Gasteiger partial charge on any atom is -0.497 e. The Morgan fingerprint density at radius 2 is 1.92 bits per heavy atom. The summed E-state index contributed by atoms with van der Waals surface area (Å²) in [4.78, 5) is 18.8. The van der Waals surface area contributed by atoms with Crippen molar-refractivity contribution >= 4 is 22.4 Å². The second-order valence-corrected chi connectivity index (χ2v) is 5.20. The zero-order valence-electron chi connectivity index (χ0n) is 13.2. The van der Waals surface area contributed by atoms with E-state index in [9.17, 15) is 4.79 Å². The van der Waals surface area contributed by atoms with Crippen molar-refractivity contribution in [1.82, 2.24) is 14.6 Å². The van der Waals surface area contributed by atoms with Gasteiger partial charge >= 0.3 is 0 Å².